The number of carbonyl (C=O) groups is 3. The molecule has 6 nitrogen and oxygen atoms in total. The highest BCUT2D eigenvalue weighted by atomic mass is 16.6. The Hall–Kier alpha value is -2.37. The van der Waals surface area contributed by atoms with Crippen LogP contribution in [0.2, 0.25) is 0 Å². The summed E-state index contributed by atoms with van der Waals surface area (Å²) >= 11 is 0. The lowest BCUT2D eigenvalue weighted by Gasteiger charge is -2.18. The fraction of sp³-hybridized carbons (Fsp3) is 0.839. The molecule has 0 rings (SSSR count). The molecule has 0 saturated carbocycles. The van der Waals surface area contributed by atoms with Crippen LogP contribution in [-0.2, 0) is 28.6 Å². The molecule has 0 radical (unpaired) electrons. The van der Waals surface area contributed by atoms with E-state index < -0.39 is 6.10 Å². The number of rotatable bonds is 49. The largest absolute Gasteiger partial charge is 0.462 e. The van der Waals surface area contributed by atoms with E-state index in [9.17, 15) is 14.4 Å². The standard InChI is InChI=1S/C56H102O6/c1-4-7-10-13-16-19-22-24-26-28-30-32-34-37-40-43-46-49-55(58)61-52-53(51-60-54(57)48-45-42-39-36-21-18-15-12-9-6-3)62-56(59)50-47-44-41-38-35-33-31-29-27-25-23-20-17-14-11-8-5-2/h15-16,18-19,24,26,53H,4-14,17,20-23,25,27-52H2,1-3H3/b18-15-,19-16-,26-24-. The van der Waals surface area contributed by atoms with Crippen LogP contribution in [0.3, 0.4) is 0 Å². The summed E-state index contributed by atoms with van der Waals surface area (Å²) in [6.07, 6.45) is 59.9. The van der Waals surface area contributed by atoms with Gasteiger partial charge in [0.05, 0.1) is 0 Å². The van der Waals surface area contributed by atoms with Crippen molar-refractivity contribution in [2.45, 2.75) is 290 Å². The number of esters is 3. The molecule has 0 aromatic carbocycles. The van der Waals surface area contributed by atoms with Gasteiger partial charge in [0, 0.05) is 19.3 Å². The van der Waals surface area contributed by atoms with Gasteiger partial charge >= 0.3 is 17.9 Å². The van der Waals surface area contributed by atoms with E-state index in [0.717, 1.165) is 89.9 Å². The van der Waals surface area contributed by atoms with Gasteiger partial charge in [0.25, 0.3) is 0 Å². The predicted octanol–water partition coefficient (Wildman–Crippen LogP) is 17.7. The van der Waals surface area contributed by atoms with E-state index in [1.807, 2.05) is 0 Å². The van der Waals surface area contributed by atoms with Gasteiger partial charge in [-0.2, -0.15) is 0 Å². The molecule has 1 unspecified atom stereocenters. The first-order chi connectivity index (χ1) is 30.5. The molecule has 0 N–H and O–H groups in total. The first-order valence-electron chi connectivity index (χ1n) is 27.0. The highest BCUT2D eigenvalue weighted by Gasteiger charge is 2.19. The van der Waals surface area contributed by atoms with Gasteiger partial charge in [-0.25, -0.2) is 0 Å². The third-order valence-electron chi connectivity index (χ3n) is 11.9. The normalized spacial score (nSPS) is 12.2. The van der Waals surface area contributed by atoms with E-state index >= 15 is 0 Å². The zero-order chi connectivity index (χ0) is 45.1. The molecule has 0 spiro atoms. The Bertz CT molecular complexity index is 1050. The van der Waals surface area contributed by atoms with Crippen molar-refractivity contribution in [3.63, 3.8) is 0 Å². The lowest BCUT2D eigenvalue weighted by Crippen LogP contribution is -2.30. The van der Waals surface area contributed by atoms with Crippen LogP contribution in [0.25, 0.3) is 0 Å². The average Bonchev–Trinajstić information content (AvgIpc) is 3.27. The van der Waals surface area contributed by atoms with Crippen LogP contribution in [0, 0.1) is 0 Å². The second-order valence-electron chi connectivity index (χ2n) is 18.1. The van der Waals surface area contributed by atoms with Crippen molar-refractivity contribution in [3.05, 3.63) is 36.5 Å². The van der Waals surface area contributed by atoms with Crippen molar-refractivity contribution in [3.8, 4) is 0 Å². The van der Waals surface area contributed by atoms with E-state index in [1.165, 1.54) is 154 Å². The van der Waals surface area contributed by atoms with Crippen molar-refractivity contribution >= 4 is 17.9 Å². The number of carbonyl (C=O) groups excluding carboxylic acids is 3. The van der Waals surface area contributed by atoms with Crippen LogP contribution >= 0.6 is 0 Å². The number of hydrogen-bond donors (Lipinski definition) is 0. The number of ether oxygens (including phenoxy) is 3. The second-order valence-corrected chi connectivity index (χ2v) is 18.1. The maximum absolute atomic E-state index is 12.8. The van der Waals surface area contributed by atoms with Crippen molar-refractivity contribution < 1.29 is 28.6 Å². The van der Waals surface area contributed by atoms with Gasteiger partial charge in [0.1, 0.15) is 13.2 Å². The van der Waals surface area contributed by atoms with Gasteiger partial charge < -0.3 is 14.2 Å². The maximum atomic E-state index is 12.8. The third kappa shape index (κ3) is 48.7. The molecule has 0 bridgehead atoms. The quantitative estimate of drug-likeness (QED) is 0.0262. The molecule has 0 aliphatic carbocycles. The van der Waals surface area contributed by atoms with Gasteiger partial charge in [-0.15, -0.1) is 0 Å². The number of hydrogen-bond acceptors (Lipinski definition) is 6. The topological polar surface area (TPSA) is 78.9 Å². The van der Waals surface area contributed by atoms with Crippen molar-refractivity contribution in [2.24, 2.45) is 0 Å². The molecule has 6 heteroatoms. The molecule has 0 heterocycles. The van der Waals surface area contributed by atoms with Crippen molar-refractivity contribution in [1.29, 1.82) is 0 Å². The summed E-state index contributed by atoms with van der Waals surface area (Å²) in [5.41, 5.74) is 0. The molecule has 362 valence electrons. The predicted molar refractivity (Wildman–Crippen MR) is 266 cm³/mol. The van der Waals surface area contributed by atoms with E-state index in [2.05, 4.69) is 57.2 Å². The monoisotopic (exact) mass is 871 g/mol. The van der Waals surface area contributed by atoms with Gasteiger partial charge in [-0.3, -0.25) is 14.4 Å². The Kier molecular flexibility index (Phi) is 49.3. The van der Waals surface area contributed by atoms with E-state index in [-0.39, 0.29) is 31.1 Å². The summed E-state index contributed by atoms with van der Waals surface area (Å²) in [5.74, 6) is -0.885. The van der Waals surface area contributed by atoms with Gasteiger partial charge in [-0.05, 0) is 70.6 Å². The molecular formula is C56H102O6. The fourth-order valence-corrected chi connectivity index (χ4v) is 7.75. The molecule has 1 atom stereocenters. The molecule has 0 amide bonds. The Morgan fingerprint density at radius 1 is 0.323 bits per heavy atom. The van der Waals surface area contributed by atoms with E-state index in [0.29, 0.717) is 19.3 Å². The summed E-state index contributed by atoms with van der Waals surface area (Å²) in [6, 6.07) is 0. The molecule has 0 aromatic heterocycles. The van der Waals surface area contributed by atoms with Gasteiger partial charge in [0.2, 0.25) is 0 Å². The summed E-state index contributed by atoms with van der Waals surface area (Å²) in [6.45, 7) is 6.58. The number of allylic oxidation sites excluding steroid dienone is 6. The van der Waals surface area contributed by atoms with Gasteiger partial charge in [-0.1, -0.05) is 231 Å². The Morgan fingerprint density at radius 3 is 0.984 bits per heavy atom. The van der Waals surface area contributed by atoms with E-state index in [4.69, 9.17) is 14.2 Å². The molecule has 0 aliphatic heterocycles. The minimum atomic E-state index is -0.775. The van der Waals surface area contributed by atoms with Crippen molar-refractivity contribution in [1.82, 2.24) is 0 Å². The molecule has 62 heavy (non-hydrogen) atoms. The minimum absolute atomic E-state index is 0.0770. The Labute approximate surface area is 385 Å². The van der Waals surface area contributed by atoms with Gasteiger partial charge in [0.15, 0.2) is 6.10 Å². The Morgan fingerprint density at radius 2 is 0.597 bits per heavy atom. The van der Waals surface area contributed by atoms with Crippen LogP contribution in [-0.4, -0.2) is 37.2 Å². The SMILES string of the molecule is CCCC/C=C\CCCCCCC(=O)OCC(COC(=O)CCCCCCCCC/C=C\C/C=C\CCCCC)OC(=O)CCCCCCCCCCCCCCCCCCC. The van der Waals surface area contributed by atoms with Crippen LogP contribution in [0.1, 0.15) is 284 Å². The highest BCUT2D eigenvalue weighted by Crippen LogP contribution is 2.16. The van der Waals surface area contributed by atoms with Crippen LogP contribution in [0.4, 0.5) is 0 Å². The average molecular weight is 871 g/mol. The highest BCUT2D eigenvalue weighted by molar-refractivity contribution is 5.71. The third-order valence-corrected chi connectivity index (χ3v) is 11.9. The lowest BCUT2D eigenvalue weighted by molar-refractivity contribution is -0.167. The zero-order valence-electron chi connectivity index (χ0n) is 41.4. The summed E-state index contributed by atoms with van der Waals surface area (Å²) in [7, 11) is 0. The first-order valence-corrected chi connectivity index (χ1v) is 27.0. The second kappa shape index (κ2) is 51.3. The zero-order valence-corrected chi connectivity index (χ0v) is 41.4. The van der Waals surface area contributed by atoms with E-state index in [1.54, 1.807) is 0 Å². The Balaban J connectivity index is 4.31. The summed E-state index contributed by atoms with van der Waals surface area (Å²) in [4.78, 5) is 38.0. The lowest BCUT2D eigenvalue weighted by atomic mass is 10.0. The number of unbranched alkanes of at least 4 members (excludes halogenated alkanes) is 32. The van der Waals surface area contributed by atoms with Crippen molar-refractivity contribution in [2.75, 3.05) is 13.2 Å². The maximum Gasteiger partial charge on any atom is 0.306 e. The molecule has 0 aliphatic rings. The van der Waals surface area contributed by atoms with Crippen LogP contribution in [0.5, 0.6) is 0 Å². The van der Waals surface area contributed by atoms with Crippen LogP contribution < -0.4 is 0 Å². The minimum Gasteiger partial charge on any atom is -0.462 e. The molecular weight excluding hydrogens is 769 g/mol. The van der Waals surface area contributed by atoms with Crippen LogP contribution in [0.15, 0.2) is 36.5 Å². The summed E-state index contributed by atoms with van der Waals surface area (Å²) < 4.78 is 16.8. The molecule has 0 aromatic rings. The molecule has 0 saturated heterocycles. The first kappa shape index (κ1) is 59.6. The fourth-order valence-electron chi connectivity index (χ4n) is 7.75. The summed E-state index contributed by atoms with van der Waals surface area (Å²) in [5, 5.41) is 0. The molecule has 0 fully saturated rings. The smallest absolute Gasteiger partial charge is 0.306 e.